The molecular formula is C63H44N4O. The number of hydrogen-bond donors (Lipinski definition) is 0. The van der Waals surface area contributed by atoms with E-state index >= 15 is 0 Å². The van der Waals surface area contributed by atoms with Crippen molar-refractivity contribution in [2.24, 2.45) is 0 Å². The third-order valence-electron chi connectivity index (χ3n) is 13.2. The van der Waals surface area contributed by atoms with Gasteiger partial charge in [0.1, 0.15) is 11.2 Å². The topological polar surface area (TPSA) is 56.7 Å². The van der Waals surface area contributed by atoms with E-state index in [0.29, 0.717) is 24.0 Å². The maximum absolute atomic E-state index is 6.58. The average Bonchev–Trinajstić information content (AvgIpc) is 4.08. The first-order valence-corrected chi connectivity index (χ1v) is 23.0. The Kier molecular flexibility index (Phi) is 10.2. The number of aromatic nitrogens is 4. The Morgan fingerprint density at radius 3 is 1.78 bits per heavy atom. The van der Waals surface area contributed by atoms with Gasteiger partial charge in [0.05, 0.1) is 16.3 Å². The molecular weight excluding hydrogens is 829 g/mol. The summed E-state index contributed by atoms with van der Waals surface area (Å²) in [7, 11) is 0. The first kappa shape index (κ1) is 40.6. The highest BCUT2D eigenvalue weighted by molar-refractivity contribution is 6.23. The van der Waals surface area contributed by atoms with Crippen LogP contribution in [0, 0.1) is 0 Å². The highest BCUT2D eigenvalue weighted by atomic mass is 16.3. The average molecular weight is 873 g/mol. The van der Waals surface area contributed by atoms with Crippen molar-refractivity contribution in [3.05, 3.63) is 272 Å². The molecule has 0 bridgehead atoms. The highest BCUT2D eigenvalue weighted by Crippen LogP contribution is 2.48. The molecule has 0 N–H and O–H groups in total. The lowest BCUT2D eigenvalue weighted by Gasteiger charge is -2.32. The summed E-state index contributed by atoms with van der Waals surface area (Å²) in [5.74, 6) is 1.83. The van der Waals surface area contributed by atoms with Crippen LogP contribution in [0.5, 0.6) is 0 Å². The Labute approximate surface area is 394 Å². The molecule has 1 aliphatic carbocycles. The number of benzene rings is 8. The fourth-order valence-corrected chi connectivity index (χ4v) is 9.97. The molecule has 1 aliphatic rings. The maximum Gasteiger partial charge on any atom is 0.164 e. The van der Waals surface area contributed by atoms with Crippen molar-refractivity contribution in [1.29, 1.82) is 0 Å². The lowest BCUT2D eigenvalue weighted by atomic mass is 9.75. The molecule has 11 aromatic rings. The maximum atomic E-state index is 6.58. The van der Waals surface area contributed by atoms with E-state index in [1.54, 1.807) is 0 Å². The number of hydrogen-bond acceptors (Lipinski definition) is 4. The van der Waals surface area contributed by atoms with Crippen LogP contribution in [0.3, 0.4) is 0 Å². The molecule has 68 heavy (non-hydrogen) atoms. The van der Waals surface area contributed by atoms with E-state index in [9.17, 15) is 0 Å². The van der Waals surface area contributed by atoms with Gasteiger partial charge in [-0.2, -0.15) is 0 Å². The summed E-state index contributed by atoms with van der Waals surface area (Å²) in [4.78, 5) is 15.7. The van der Waals surface area contributed by atoms with Crippen LogP contribution >= 0.6 is 0 Å². The summed E-state index contributed by atoms with van der Waals surface area (Å²) >= 11 is 0. The highest BCUT2D eigenvalue weighted by Gasteiger charge is 2.40. The quantitative estimate of drug-likeness (QED) is 0.122. The zero-order chi connectivity index (χ0) is 45.4. The minimum Gasteiger partial charge on any atom is -0.456 e. The van der Waals surface area contributed by atoms with Crippen molar-refractivity contribution in [3.8, 4) is 33.9 Å². The van der Waals surface area contributed by atoms with Crippen LogP contribution in [0.4, 0.5) is 0 Å². The number of fused-ring (bicyclic) bond motifs is 7. The smallest absolute Gasteiger partial charge is 0.164 e. The zero-order valence-corrected chi connectivity index (χ0v) is 37.2. The predicted molar refractivity (Wildman–Crippen MR) is 281 cm³/mol. The molecule has 0 aliphatic heterocycles. The molecule has 3 aromatic heterocycles. The molecule has 12 rings (SSSR count). The van der Waals surface area contributed by atoms with Gasteiger partial charge >= 0.3 is 0 Å². The number of allylic oxidation sites excluding steroid dienone is 9. The number of para-hydroxylation sites is 2. The second kappa shape index (κ2) is 17.1. The molecule has 1 atom stereocenters. The van der Waals surface area contributed by atoms with Crippen LogP contribution < -0.4 is 0 Å². The van der Waals surface area contributed by atoms with Crippen molar-refractivity contribution in [2.75, 3.05) is 0 Å². The van der Waals surface area contributed by atoms with Gasteiger partial charge in [-0.05, 0) is 63.7 Å². The molecule has 0 radical (unpaired) electrons. The SMILES string of the molecule is C=C/C=C(\C=C/C1=CC(c2nc(-c3ccccc3)nc(-c3ccccc3)n2)=C[C@@]1(Cn1c2ccccc2c2ccc3oc4ccccc4c3c21)c1ccc(-c2ccccc2)cc1)c1ccccc1. The fraction of sp³-hybridized carbons (Fsp3) is 0.0317. The van der Waals surface area contributed by atoms with E-state index in [1.165, 1.54) is 10.8 Å². The number of rotatable bonds is 11. The fourth-order valence-electron chi connectivity index (χ4n) is 9.97. The van der Waals surface area contributed by atoms with Crippen molar-refractivity contribution < 1.29 is 4.42 Å². The standard InChI is InChI=1S/C63H44N4O/c1-2-19-43(44-20-7-3-8-21-44)34-37-51-40-49(62-65-60(47-24-11-5-12-25-47)64-61(66-62)48-26-13-6-14-27-48)41-63(51,50-35-32-46(33-36-50)45-22-9-4-10-23-45)42-67-55-30-17-15-28-52(55)53-38-39-57-58(59(53)67)54-29-16-18-31-56(54)68-57/h2-41H,1,42H2/b37-34-,43-19+/t63-/m1/s1. The van der Waals surface area contributed by atoms with Gasteiger partial charge in [0.25, 0.3) is 0 Å². The van der Waals surface area contributed by atoms with Crippen LogP contribution in [0.25, 0.3) is 88.8 Å². The van der Waals surface area contributed by atoms with Gasteiger partial charge in [-0.3, -0.25) is 0 Å². The van der Waals surface area contributed by atoms with Crippen LogP contribution in [-0.2, 0) is 12.0 Å². The molecule has 0 spiro atoms. The molecule has 8 aromatic carbocycles. The lowest BCUT2D eigenvalue weighted by molar-refractivity contribution is 0.546. The number of furan rings is 1. The van der Waals surface area contributed by atoms with Crippen molar-refractivity contribution in [3.63, 3.8) is 0 Å². The predicted octanol–water partition coefficient (Wildman–Crippen LogP) is 15.7. The first-order chi connectivity index (χ1) is 33.6. The van der Waals surface area contributed by atoms with Gasteiger partial charge in [-0.1, -0.05) is 219 Å². The summed E-state index contributed by atoms with van der Waals surface area (Å²) in [6.07, 6.45) is 13.1. The third kappa shape index (κ3) is 7.18. The minimum absolute atomic E-state index is 0.550. The van der Waals surface area contributed by atoms with E-state index in [-0.39, 0.29) is 0 Å². The van der Waals surface area contributed by atoms with Crippen LogP contribution in [-0.4, -0.2) is 19.5 Å². The van der Waals surface area contributed by atoms with Crippen molar-refractivity contribution >= 4 is 54.9 Å². The van der Waals surface area contributed by atoms with E-state index in [4.69, 9.17) is 19.4 Å². The summed E-state index contributed by atoms with van der Waals surface area (Å²) in [5.41, 5.74) is 12.7. The lowest BCUT2D eigenvalue weighted by Crippen LogP contribution is -2.30. The van der Waals surface area contributed by atoms with E-state index in [0.717, 1.165) is 83.1 Å². The Morgan fingerprint density at radius 1 is 0.529 bits per heavy atom. The molecule has 5 heteroatoms. The summed E-state index contributed by atoms with van der Waals surface area (Å²) in [5, 5.41) is 4.55. The normalized spacial score (nSPS) is 15.1. The van der Waals surface area contributed by atoms with Crippen LogP contribution in [0.15, 0.2) is 259 Å². The van der Waals surface area contributed by atoms with E-state index < -0.39 is 5.41 Å². The van der Waals surface area contributed by atoms with Gasteiger partial charge < -0.3 is 8.98 Å². The molecule has 5 nitrogen and oxygen atoms in total. The monoisotopic (exact) mass is 872 g/mol. The summed E-state index contributed by atoms with van der Waals surface area (Å²) in [6.45, 7) is 4.66. The third-order valence-corrected chi connectivity index (χ3v) is 13.2. The van der Waals surface area contributed by atoms with Crippen LogP contribution in [0.1, 0.15) is 17.0 Å². The molecule has 0 amide bonds. The van der Waals surface area contributed by atoms with E-state index in [2.05, 4.69) is 199 Å². The Bertz CT molecular complexity index is 3750. The number of nitrogens with zero attached hydrogens (tertiary/aromatic N) is 4. The molecule has 3 heterocycles. The van der Waals surface area contributed by atoms with Gasteiger partial charge in [-0.25, -0.2) is 15.0 Å². The summed E-state index contributed by atoms with van der Waals surface area (Å²) in [6, 6.07) is 72.0. The molecule has 0 fully saturated rings. The zero-order valence-electron chi connectivity index (χ0n) is 37.2. The van der Waals surface area contributed by atoms with E-state index in [1.807, 2.05) is 54.6 Å². The molecule has 0 saturated heterocycles. The Hall–Kier alpha value is -8.93. The molecule has 0 unspecified atom stereocenters. The van der Waals surface area contributed by atoms with Gasteiger partial charge in [0.15, 0.2) is 17.5 Å². The van der Waals surface area contributed by atoms with Gasteiger partial charge in [0.2, 0.25) is 0 Å². The second-order valence-corrected chi connectivity index (χ2v) is 17.2. The van der Waals surface area contributed by atoms with Crippen molar-refractivity contribution in [1.82, 2.24) is 19.5 Å². The minimum atomic E-state index is -0.750. The molecule has 0 saturated carbocycles. The largest absolute Gasteiger partial charge is 0.456 e. The Morgan fingerprint density at radius 2 is 1.10 bits per heavy atom. The Balaban J connectivity index is 1.15. The van der Waals surface area contributed by atoms with Gasteiger partial charge in [0, 0.05) is 44.9 Å². The molecule has 322 valence electrons. The van der Waals surface area contributed by atoms with Gasteiger partial charge in [-0.15, -0.1) is 0 Å². The second-order valence-electron chi connectivity index (χ2n) is 17.2. The van der Waals surface area contributed by atoms with Crippen molar-refractivity contribution in [2.45, 2.75) is 12.0 Å². The van der Waals surface area contributed by atoms with Crippen LogP contribution in [0.2, 0.25) is 0 Å². The first-order valence-electron chi connectivity index (χ1n) is 23.0. The summed E-state index contributed by atoms with van der Waals surface area (Å²) < 4.78 is 9.11.